The Bertz CT molecular complexity index is 522. The fourth-order valence-corrected chi connectivity index (χ4v) is 1.74. The molecule has 2 rings (SSSR count). The third kappa shape index (κ3) is 3.53. The van der Waals surface area contributed by atoms with Gasteiger partial charge < -0.3 is 5.32 Å². The Morgan fingerprint density at radius 1 is 1.39 bits per heavy atom. The van der Waals surface area contributed by atoms with E-state index in [0.717, 1.165) is 11.1 Å². The second kappa shape index (κ2) is 5.60. The lowest BCUT2D eigenvalue weighted by molar-refractivity contribution is -0.115. The fraction of sp³-hybridized carbons (Fsp3) is 0.154. The van der Waals surface area contributed by atoms with Gasteiger partial charge in [0.15, 0.2) is 5.82 Å². The number of hydrogen-bond donors (Lipinski definition) is 1. The lowest BCUT2D eigenvalue weighted by Crippen LogP contribution is -2.15. The van der Waals surface area contributed by atoms with Crippen LogP contribution < -0.4 is 5.32 Å². The Kier molecular flexibility index (Phi) is 3.89. The van der Waals surface area contributed by atoms with Crippen LogP contribution in [0.15, 0.2) is 36.7 Å². The van der Waals surface area contributed by atoms with Gasteiger partial charge in [-0.15, -0.1) is 0 Å². The van der Waals surface area contributed by atoms with Crippen LogP contribution in [-0.4, -0.2) is 15.9 Å². The maximum atomic E-state index is 11.8. The summed E-state index contributed by atoms with van der Waals surface area (Å²) in [4.78, 5) is 19.6. The number of rotatable bonds is 3. The Balaban J connectivity index is 2.01. The molecule has 0 aliphatic heterocycles. The van der Waals surface area contributed by atoms with E-state index < -0.39 is 0 Å². The summed E-state index contributed by atoms with van der Waals surface area (Å²) in [6.07, 6.45) is 3.17. The highest BCUT2D eigenvalue weighted by Crippen LogP contribution is 2.09. The van der Waals surface area contributed by atoms with Crippen molar-refractivity contribution in [3.8, 4) is 0 Å². The highest BCUT2D eigenvalue weighted by atomic mass is 35.5. The molecule has 0 bridgehead atoms. The molecular formula is C13H12ClN3O. The molecule has 0 spiro atoms. The van der Waals surface area contributed by atoms with E-state index in [1.807, 2.05) is 31.2 Å². The number of amides is 1. The number of carbonyl (C=O) groups excluding carboxylic acids is 1. The Hall–Kier alpha value is -1.94. The van der Waals surface area contributed by atoms with Crippen LogP contribution >= 0.6 is 11.6 Å². The van der Waals surface area contributed by atoms with Crippen molar-refractivity contribution in [3.63, 3.8) is 0 Å². The molecule has 1 aromatic carbocycles. The predicted octanol–water partition coefficient (Wildman–Crippen LogP) is 2.62. The van der Waals surface area contributed by atoms with E-state index in [0.29, 0.717) is 12.2 Å². The van der Waals surface area contributed by atoms with Gasteiger partial charge in [0.1, 0.15) is 5.15 Å². The first-order valence-corrected chi connectivity index (χ1v) is 5.84. The Morgan fingerprint density at radius 3 is 2.94 bits per heavy atom. The monoisotopic (exact) mass is 261 g/mol. The SMILES string of the molecule is Cc1cccc(CC(=O)Nc2cncc(Cl)n2)c1. The first-order chi connectivity index (χ1) is 8.63. The van der Waals surface area contributed by atoms with Gasteiger partial charge >= 0.3 is 0 Å². The molecule has 0 radical (unpaired) electrons. The zero-order chi connectivity index (χ0) is 13.0. The van der Waals surface area contributed by atoms with Gasteiger partial charge in [-0.3, -0.25) is 9.78 Å². The number of anilines is 1. The first-order valence-electron chi connectivity index (χ1n) is 5.46. The summed E-state index contributed by atoms with van der Waals surface area (Å²) in [5.41, 5.74) is 2.09. The number of nitrogens with zero attached hydrogens (tertiary/aromatic N) is 2. The number of carbonyl (C=O) groups is 1. The molecule has 0 atom stereocenters. The van der Waals surface area contributed by atoms with Crippen molar-refractivity contribution in [1.29, 1.82) is 0 Å². The summed E-state index contributed by atoms with van der Waals surface area (Å²) in [6, 6.07) is 7.81. The minimum absolute atomic E-state index is 0.142. The minimum Gasteiger partial charge on any atom is -0.309 e. The molecule has 4 nitrogen and oxygen atoms in total. The zero-order valence-corrected chi connectivity index (χ0v) is 10.6. The third-order valence-electron chi connectivity index (χ3n) is 2.32. The van der Waals surface area contributed by atoms with Crippen molar-refractivity contribution in [2.24, 2.45) is 0 Å². The van der Waals surface area contributed by atoms with Gasteiger partial charge in [0.25, 0.3) is 0 Å². The van der Waals surface area contributed by atoms with Crippen LogP contribution in [0.5, 0.6) is 0 Å². The van der Waals surface area contributed by atoms with Gasteiger partial charge in [-0.05, 0) is 12.5 Å². The first kappa shape index (κ1) is 12.5. The molecule has 0 aliphatic carbocycles. The number of aryl methyl sites for hydroxylation is 1. The predicted molar refractivity (Wildman–Crippen MR) is 70.6 cm³/mol. The lowest BCUT2D eigenvalue weighted by atomic mass is 10.1. The lowest BCUT2D eigenvalue weighted by Gasteiger charge is -2.04. The van der Waals surface area contributed by atoms with Crippen LogP contribution in [0.4, 0.5) is 5.82 Å². The molecule has 0 unspecified atom stereocenters. The smallest absolute Gasteiger partial charge is 0.229 e. The second-order valence-corrected chi connectivity index (χ2v) is 4.33. The molecule has 1 N–H and O–H groups in total. The normalized spacial score (nSPS) is 10.1. The molecule has 0 saturated carbocycles. The zero-order valence-electron chi connectivity index (χ0n) is 9.85. The molecule has 1 aromatic heterocycles. The number of aromatic nitrogens is 2. The molecule has 2 aromatic rings. The van der Waals surface area contributed by atoms with E-state index in [4.69, 9.17) is 11.6 Å². The third-order valence-corrected chi connectivity index (χ3v) is 2.50. The molecule has 92 valence electrons. The molecule has 1 heterocycles. The van der Waals surface area contributed by atoms with Crippen LogP contribution in [0.3, 0.4) is 0 Å². The van der Waals surface area contributed by atoms with Gasteiger partial charge in [0.05, 0.1) is 18.8 Å². The van der Waals surface area contributed by atoms with Crippen LogP contribution in [-0.2, 0) is 11.2 Å². The number of nitrogens with one attached hydrogen (secondary N) is 1. The molecule has 0 aliphatic rings. The maximum absolute atomic E-state index is 11.8. The molecule has 5 heteroatoms. The van der Waals surface area contributed by atoms with E-state index in [-0.39, 0.29) is 11.1 Å². The average molecular weight is 262 g/mol. The maximum Gasteiger partial charge on any atom is 0.229 e. The Morgan fingerprint density at radius 2 is 2.22 bits per heavy atom. The topological polar surface area (TPSA) is 54.9 Å². The van der Waals surface area contributed by atoms with E-state index in [1.165, 1.54) is 12.4 Å². The summed E-state index contributed by atoms with van der Waals surface area (Å²) in [7, 11) is 0. The van der Waals surface area contributed by atoms with Crippen molar-refractivity contribution < 1.29 is 4.79 Å². The van der Waals surface area contributed by atoms with Gasteiger partial charge in [0.2, 0.25) is 5.91 Å². The molecule has 1 amide bonds. The van der Waals surface area contributed by atoms with Crippen LogP contribution in [0.25, 0.3) is 0 Å². The van der Waals surface area contributed by atoms with Crippen LogP contribution in [0.1, 0.15) is 11.1 Å². The van der Waals surface area contributed by atoms with Gasteiger partial charge in [0, 0.05) is 0 Å². The number of benzene rings is 1. The summed E-state index contributed by atoms with van der Waals surface area (Å²) in [5.74, 6) is 0.220. The summed E-state index contributed by atoms with van der Waals surface area (Å²) < 4.78 is 0. The van der Waals surface area contributed by atoms with Gasteiger partial charge in [-0.1, -0.05) is 41.4 Å². The van der Waals surface area contributed by atoms with Crippen molar-refractivity contribution >= 4 is 23.3 Å². The fourth-order valence-electron chi connectivity index (χ4n) is 1.60. The average Bonchev–Trinajstić information content (AvgIpc) is 2.28. The van der Waals surface area contributed by atoms with Crippen molar-refractivity contribution in [2.45, 2.75) is 13.3 Å². The van der Waals surface area contributed by atoms with Crippen molar-refractivity contribution in [1.82, 2.24) is 9.97 Å². The minimum atomic E-state index is -0.142. The second-order valence-electron chi connectivity index (χ2n) is 3.94. The van der Waals surface area contributed by atoms with Crippen LogP contribution in [0.2, 0.25) is 5.15 Å². The van der Waals surface area contributed by atoms with Crippen molar-refractivity contribution in [2.75, 3.05) is 5.32 Å². The highest BCUT2D eigenvalue weighted by molar-refractivity contribution is 6.29. The van der Waals surface area contributed by atoms with E-state index in [2.05, 4.69) is 15.3 Å². The quantitative estimate of drug-likeness (QED) is 0.924. The number of halogens is 1. The summed E-state index contributed by atoms with van der Waals surface area (Å²) in [6.45, 7) is 1.99. The van der Waals surface area contributed by atoms with Gasteiger partial charge in [-0.25, -0.2) is 4.98 Å². The molecule has 0 fully saturated rings. The molecular weight excluding hydrogens is 250 g/mol. The van der Waals surface area contributed by atoms with E-state index in [1.54, 1.807) is 0 Å². The summed E-state index contributed by atoms with van der Waals surface area (Å²) >= 11 is 5.68. The highest BCUT2D eigenvalue weighted by Gasteiger charge is 2.05. The number of hydrogen-bond acceptors (Lipinski definition) is 3. The van der Waals surface area contributed by atoms with Crippen LogP contribution in [0, 0.1) is 6.92 Å². The molecule has 0 saturated heterocycles. The van der Waals surface area contributed by atoms with E-state index in [9.17, 15) is 4.79 Å². The van der Waals surface area contributed by atoms with E-state index >= 15 is 0 Å². The standard InChI is InChI=1S/C13H12ClN3O/c1-9-3-2-4-10(5-9)6-13(18)17-12-8-15-7-11(14)16-12/h2-5,7-8H,6H2,1H3,(H,16,17,18). The summed E-state index contributed by atoms with van der Waals surface area (Å²) in [5, 5.41) is 2.91. The molecule has 18 heavy (non-hydrogen) atoms. The van der Waals surface area contributed by atoms with Crippen molar-refractivity contribution in [3.05, 3.63) is 52.9 Å². The Labute approximate surface area is 110 Å². The largest absolute Gasteiger partial charge is 0.309 e. The van der Waals surface area contributed by atoms with Gasteiger partial charge in [-0.2, -0.15) is 0 Å².